The number of nitrogens with one attached hydrogen (secondary N) is 1. The maximum Gasteiger partial charge on any atom is 0.252 e. The molecule has 3 aromatic rings. The molecule has 0 saturated heterocycles. The van der Waals surface area contributed by atoms with E-state index in [1.165, 1.54) is 29.5 Å². The van der Waals surface area contributed by atoms with Gasteiger partial charge in [-0.15, -0.1) is 11.3 Å². The highest BCUT2D eigenvalue weighted by Gasteiger charge is 2.18. The third-order valence-corrected chi connectivity index (χ3v) is 4.08. The smallest absolute Gasteiger partial charge is 0.252 e. The van der Waals surface area contributed by atoms with Crippen LogP contribution in [0.4, 0.5) is 4.39 Å². The predicted molar refractivity (Wildman–Crippen MR) is 89.8 cm³/mol. The largest absolute Gasteiger partial charge is 0.332 e. The molecule has 1 atom stereocenters. The number of nitrogens with zero attached hydrogens (tertiary/aromatic N) is 2. The average molecular weight is 337 g/mol. The highest BCUT2D eigenvalue weighted by Crippen LogP contribution is 2.20. The number of hydrogen-bond donors (Lipinski definition) is 1. The summed E-state index contributed by atoms with van der Waals surface area (Å²) in [5.74, 6) is -0.960. The number of aromatic nitrogens is 1. The molecule has 0 spiro atoms. The predicted octanol–water partition coefficient (Wildman–Crippen LogP) is 3.94. The Morgan fingerprint density at radius 1 is 1.21 bits per heavy atom. The number of thiazole rings is 1. The molecule has 0 aliphatic rings. The molecular formula is C18H12FN3OS. The van der Waals surface area contributed by atoms with Crippen LogP contribution >= 0.6 is 11.3 Å². The average Bonchev–Trinajstić information content (AvgIpc) is 3.15. The molecule has 1 amide bonds. The van der Waals surface area contributed by atoms with Crippen molar-refractivity contribution in [2.45, 2.75) is 6.04 Å². The van der Waals surface area contributed by atoms with Gasteiger partial charge < -0.3 is 5.32 Å². The lowest BCUT2D eigenvalue weighted by Crippen LogP contribution is -2.28. The highest BCUT2D eigenvalue weighted by atomic mass is 32.1. The van der Waals surface area contributed by atoms with Crippen molar-refractivity contribution < 1.29 is 9.18 Å². The molecule has 0 unspecified atom stereocenters. The molecule has 0 fully saturated rings. The molecule has 1 heterocycles. The Morgan fingerprint density at radius 2 is 1.96 bits per heavy atom. The van der Waals surface area contributed by atoms with Crippen molar-refractivity contribution in [2.24, 2.45) is 0 Å². The van der Waals surface area contributed by atoms with Gasteiger partial charge in [0.25, 0.3) is 5.91 Å². The molecular weight excluding hydrogens is 325 g/mol. The van der Waals surface area contributed by atoms with Gasteiger partial charge >= 0.3 is 0 Å². The summed E-state index contributed by atoms with van der Waals surface area (Å²) in [6.45, 7) is 0. The van der Waals surface area contributed by atoms with E-state index >= 15 is 0 Å². The van der Waals surface area contributed by atoms with E-state index in [0.29, 0.717) is 5.56 Å². The Balaban J connectivity index is 1.77. The zero-order valence-corrected chi connectivity index (χ0v) is 13.3. The van der Waals surface area contributed by atoms with Gasteiger partial charge in [-0.2, -0.15) is 5.26 Å². The van der Waals surface area contributed by atoms with Crippen molar-refractivity contribution in [3.63, 3.8) is 0 Å². The van der Waals surface area contributed by atoms with Crippen molar-refractivity contribution in [2.75, 3.05) is 0 Å². The fraction of sp³-hybridized carbons (Fsp3) is 0.0556. The van der Waals surface area contributed by atoms with Crippen molar-refractivity contribution >= 4 is 17.2 Å². The molecule has 2 aromatic carbocycles. The van der Waals surface area contributed by atoms with Crippen molar-refractivity contribution in [3.8, 4) is 17.3 Å². The summed E-state index contributed by atoms with van der Waals surface area (Å²) in [5, 5.41) is 13.7. The van der Waals surface area contributed by atoms with Crippen molar-refractivity contribution in [1.29, 1.82) is 5.26 Å². The Hall–Kier alpha value is -3.04. The molecule has 4 nitrogen and oxygen atoms in total. The van der Waals surface area contributed by atoms with E-state index < -0.39 is 17.8 Å². The molecule has 118 valence electrons. The molecule has 0 aliphatic heterocycles. The summed E-state index contributed by atoms with van der Waals surface area (Å²) in [6, 6.07) is 13.6. The first-order valence-corrected chi connectivity index (χ1v) is 8.07. The molecule has 1 aromatic heterocycles. The van der Waals surface area contributed by atoms with Crippen LogP contribution in [0.2, 0.25) is 0 Å². The van der Waals surface area contributed by atoms with Gasteiger partial charge in [0.2, 0.25) is 0 Å². The first kappa shape index (κ1) is 15.8. The van der Waals surface area contributed by atoms with Crippen LogP contribution < -0.4 is 5.32 Å². The number of hydrogen-bond acceptors (Lipinski definition) is 4. The number of carbonyl (C=O) groups is 1. The maximum absolute atomic E-state index is 13.8. The second-order valence-corrected chi connectivity index (χ2v) is 5.73. The van der Waals surface area contributed by atoms with E-state index in [2.05, 4.69) is 10.3 Å². The van der Waals surface area contributed by atoms with Gasteiger partial charge in [0, 0.05) is 22.1 Å². The molecule has 0 radical (unpaired) electrons. The van der Waals surface area contributed by atoms with E-state index in [-0.39, 0.29) is 5.56 Å². The molecule has 3 rings (SSSR count). The third kappa shape index (κ3) is 3.31. The van der Waals surface area contributed by atoms with Crippen molar-refractivity contribution in [3.05, 3.63) is 76.4 Å². The monoisotopic (exact) mass is 337 g/mol. The third-order valence-electron chi connectivity index (χ3n) is 3.50. The second-order valence-electron chi connectivity index (χ2n) is 5.01. The summed E-state index contributed by atoms with van der Waals surface area (Å²) >= 11 is 1.49. The molecule has 24 heavy (non-hydrogen) atoms. The number of nitriles is 1. The lowest BCUT2D eigenvalue weighted by atomic mass is 10.1. The SMILES string of the molecule is N#C[C@@H](NC(=O)c1ccc(-c2cscn2)cc1)c1ccccc1F. The van der Waals surface area contributed by atoms with Crippen LogP contribution in [0.5, 0.6) is 0 Å². The Kier molecular flexibility index (Phi) is 4.64. The Bertz CT molecular complexity index is 885. The first-order valence-electron chi connectivity index (χ1n) is 7.12. The van der Waals surface area contributed by atoms with Crippen LogP contribution in [0.1, 0.15) is 22.0 Å². The Morgan fingerprint density at radius 3 is 2.58 bits per heavy atom. The quantitative estimate of drug-likeness (QED) is 0.784. The van der Waals surface area contributed by atoms with Gasteiger partial charge in [-0.3, -0.25) is 4.79 Å². The lowest BCUT2D eigenvalue weighted by molar-refractivity contribution is 0.0945. The minimum atomic E-state index is -1.04. The zero-order chi connectivity index (χ0) is 16.9. The van der Waals surface area contributed by atoms with Gasteiger partial charge in [0.05, 0.1) is 17.3 Å². The van der Waals surface area contributed by atoms with Crippen LogP contribution in [-0.2, 0) is 0 Å². The summed E-state index contributed by atoms with van der Waals surface area (Å²) in [7, 11) is 0. The molecule has 0 aliphatic carbocycles. The number of amides is 1. The molecule has 0 bridgehead atoms. The summed E-state index contributed by atoms with van der Waals surface area (Å²) in [4.78, 5) is 16.5. The minimum Gasteiger partial charge on any atom is -0.332 e. The van der Waals surface area contributed by atoms with Gasteiger partial charge in [-0.1, -0.05) is 30.3 Å². The first-order chi connectivity index (χ1) is 11.7. The van der Waals surface area contributed by atoms with Crippen molar-refractivity contribution in [1.82, 2.24) is 10.3 Å². The van der Waals surface area contributed by atoms with Gasteiger partial charge in [-0.05, 0) is 18.2 Å². The second kappa shape index (κ2) is 7.02. The standard InChI is InChI=1S/C18H12FN3OS/c19-15-4-2-1-3-14(15)16(9-20)22-18(23)13-7-5-12(6-8-13)17-10-24-11-21-17/h1-8,10-11,16H,(H,22,23)/t16-/m1/s1. The number of halogens is 1. The van der Waals surface area contributed by atoms with Gasteiger partial charge in [0.1, 0.15) is 11.9 Å². The maximum atomic E-state index is 13.8. The van der Waals surface area contributed by atoms with E-state index in [1.54, 1.807) is 35.8 Å². The topological polar surface area (TPSA) is 65.8 Å². The molecule has 6 heteroatoms. The summed E-state index contributed by atoms with van der Waals surface area (Å²) < 4.78 is 13.8. The Labute approximate surface area is 142 Å². The summed E-state index contributed by atoms with van der Waals surface area (Å²) in [6.07, 6.45) is 0. The molecule has 0 saturated carbocycles. The minimum absolute atomic E-state index is 0.146. The number of benzene rings is 2. The fourth-order valence-electron chi connectivity index (χ4n) is 2.25. The highest BCUT2D eigenvalue weighted by molar-refractivity contribution is 7.07. The fourth-order valence-corrected chi connectivity index (χ4v) is 2.81. The number of rotatable bonds is 4. The van der Waals surface area contributed by atoms with Gasteiger partial charge in [-0.25, -0.2) is 9.37 Å². The zero-order valence-electron chi connectivity index (χ0n) is 12.4. The number of carbonyl (C=O) groups excluding carboxylic acids is 1. The van der Waals surface area contributed by atoms with E-state index in [9.17, 15) is 14.4 Å². The lowest BCUT2D eigenvalue weighted by Gasteiger charge is -2.13. The van der Waals surface area contributed by atoms with Crippen LogP contribution in [-0.4, -0.2) is 10.9 Å². The summed E-state index contributed by atoms with van der Waals surface area (Å²) in [5.41, 5.74) is 4.02. The van der Waals surface area contributed by atoms with E-state index in [1.807, 2.05) is 11.4 Å². The molecule has 1 N–H and O–H groups in total. The van der Waals surface area contributed by atoms with Crippen LogP contribution in [0.3, 0.4) is 0 Å². The van der Waals surface area contributed by atoms with Gasteiger partial charge in [0.15, 0.2) is 0 Å². The van der Waals surface area contributed by atoms with Crippen LogP contribution in [0.15, 0.2) is 59.4 Å². The van der Waals surface area contributed by atoms with E-state index in [4.69, 9.17) is 0 Å². The van der Waals surface area contributed by atoms with Crippen LogP contribution in [0, 0.1) is 17.1 Å². The van der Waals surface area contributed by atoms with E-state index in [0.717, 1.165) is 11.3 Å². The normalized spacial score (nSPS) is 11.5. The van der Waals surface area contributed by atoms with Crippen LogP contribution in [0.25, 0.3) is 11.3 Å².